The van der Waals surface area contributed by atoms with E-state index in [0.717, 1.165) is 17.9 Å². The third kappa shape index (κ3) is 1.88. The van der Waals surface area contributed by atoms with Gasteiger partial charge in [-0.3, -0.25) is 0 Å². The van der Waals surface area contributed by atoms with E-state index in [1.165, 1.54) is 0 Å². The molecule has 4 nitrogen and oxygen atoms in total. The van der Waals surface area contributed by atoms with Crippen molar-refractivity contribution in [2.24, 2.45) is 0 Å². The van der Waals surface area contributed by atoms with Crippen LogP contribution in [0, 0.1) is 0 Å². The van der Waals surface area contributed by atoms with Gasteiger partial charge in [0.15, 0.2) is 0 Å². The highest BCUT2D eigenvalue weighted by Gasteiger charge is 2.18. The summed E-state index contributed by atoms with van der Waals surface area (Å²) in [6.07, 6.45) is 0.955. The van der Waals surface area contributed by atoms with Crippen LogP contribution < -0.4 is 10.1 Å². The molecule has 1 heterocycles. The zero-order chi connectivity index (χ0) is 10.8. The molecule has 0 spiro atoms. The van der Waals surface area contributed by atoms with Gasteiger partial charge in [0.25, 0.3) is 0 Å². The fourth-order valence-electron chi connectivity index (χ4n) is 1.57. The van der Waals surface area contributed by atoms with Crippen molar-refractivity contribution in [2.75, 3.05) is 11.9 Å². The number of nitrogens with one attached hydrogen (secondary N) is 1. The van der Waals surface area contributed by atoms with Gasteiger partial charge in [0.1, 0.15) is 12.4 Å². The Kier molecular flexibility index (Phi) is 2.49. The van der Waals surface area contributed by atoms with Crippen molar-refractivity contribution in [1.82, 2.24) is 0 Å². The summed E-state index contributed by atoms with van der Waals surface area (Å²) >= 11 is 0. The van der Waals surface area contributed by atoms with Gasteiger partial charge in [0.2, 0.25) is 0 Å². The summed E-state index contributed by atoms with van der Waals surface area (Å²) in [5.74, 6) is -0.192. The number of hydrogen-bond acceptors (Lipinski definition) is 3. The molecule has 1 atom stereocenters. The molecule has 0 radical (unpaired) electrons. The molecule has 80 valence electrons. The van der Waals surface area contributed by atoms with E-state index in [2.05, 4.69) is 12.2 Å². The molecule has 0 aromatic heterocycles. The number of hydrogen-bond donors (Lipinski definition) is 2. The third-order valence-corrected chi connectivity index (χ3v) is 2.52. The van der Waals surface area contributed by atoms with Crippen LogP contribution >= 0.6 is 0 Å². The zero-order valence-corrected chi connectivity index (χ0v) is 8.49. The molecule has 2 N–H and O–H groups in total. The first-order chi connectivity index (χ1) is 7.20. The smallest absolute Gasteiger partial charge is 0.335 e. The SMILES string of the molecule is CCC1COc2ccc(C(=O)O)cc2N1. The van der Waals surface area contributed by atoms with Crippen LogP contribution in [-0.2, 0) is 0 Å². The molecular formula is C11H13NO3. The molecular weight excluding hydrogens is 194 g/mol. The van der Waals surface area contributed by atoms with Crippen molar-refractivity contribution in [3.63, 3.8) is 0 Å². The summed E-state index contributed by atoms with van der Waals surface area (Å²) in [4.78, 5) is 10.8. The van der Waals surface area contributed by atoms with Gasteiger partial charge in [0, 0.05) is 0 Å². The second kappa shape index (κ2) is 3.81. The Labute approximate surface area is 87.9 Å². The van der Waals surface area contributed by atoms with Gasteiger partial charge in [-0.25, -0.2) is 4.79 Å². The standard InChI is InChI=1S/C11H13NO3/c1-2-8-6-15-10-4-3-7(11(13)14)5-9(10)12-8/h3-5,8,12H,2,6H2,1H3,(H,13,14). The zero-order valence-electron chi connectivity index (χ0n) is 8.49. The van der Waals surface area contributed by atoms with E-state index in [0.29, 0.717) is 6.61 Å². The minimum atomic E-state index is -0.918. The maximum absolute atomic E-state index is 10.8. The summed E-state index contributed by atoms with van der Waals surface area (Å²) in [6, 6.07) is 5.12. The highest BCUT2D eigenvalue weighted by molar-refractivity contribution is 5.89. The van der Waals surface area contributed by atoms with Crippen LogP contribution in [-0.4, -0.2) is 23.7 Å². The fourth-order valence-corrected chi connectivity index (χ4v) is 1.57. The van der Waals surface area contributed by atoms with Crippen molar-refractivity contribution >= 4 is 11.7 Å². The van der Waals surface area contributed by atoms with E-state index in [1.807, 2.05) is 0 Å². The molecule has 4 heteroatoms. The average molecular weight is 207 g/mol. The first-order valence-electron chi connectivity index (χ1n) is 4.97. The van der Waals surface area contributed by atoms with E-state index in [9.17, 15) is 4.79 Å². The molecule has 0 fully saturated rings. The lowest BCUT2D eigenvalue weighted by molar-refractivity contribution is 0.0697. The number of benzene rings is 1. The molecule has 0 aliphatic carbocycles. The van der Waals surface area contributed by atoms with Crippen LogP contribution in [0.2, 0.25) is 0 Å². The van der Waals surface area contributed by atoms with Crippen LogP contribution in [0.5, 0.6) is 5.75 Å². The highest BCUT2D eigenvalue weighted by Crippen LogP contribution is 2.30. The molecule has 2 rings (SSSR count). The molecule has 1 aromatic carbocycles. The largest absolute Gasteiger partial charge is 0.489 e. The monoisotopic (exact) mass is 207 g/mol. The number of anilines is 1. The van der Waals surface area contributed by atoms with Crippen LogP contribution in [0.3, 0.4) is 0 Å². The van der Waals surface area contributed by atoms with Crippen LogP contribution in [0.25, 0.3) is 0 Å². The maximum Gasteiger partial charge on any atom is 0.335 e. The molecule has 1 unspecified atom stereocenters. The van der Waals surface area contributed by atoms with Gasteiger partial charge in [-0.15, -0.1) is 0 Å². The lowest BCUT2D eigenvalue weighted by Crippen LogP contribution is -2.30. The molecule has 0 amide bonds. The fraction of sp³-hybridized carbons (Fsp3) is 0.364. The van der Waals surface area contributed by atoms with Gasteiger partial charge in [-0.05, 0) is 24.6 Å². The summed E-state index contributed by atoms with van der Waals surface area (Å²) in [5.41, 5.74) is 1.05. The minimum Gasteiger partial charge on any atom is -0.489 e. The molecule has 1 aliphatic rings. The molecule has 0 bridgehead atoms. The number of aromatic carboxylic acids is 1. The lowest BCUT2D eigenvalue weighted by atomic mass is 10.1. The predicted molar refractivity (Wildman–Crippen MR) is 56.6 cm³/mol. The Hall–Kier alpha value is -1.71. The van der Waals surface area contributed by atoms with Crippen LogP contribution in [0.1, 0.15) is 23.7 Å². The van der Waals surface area contributed by atoms with Gasteiger partial charge < -0.3 is 15.2 Å². The van der Waals surface area contributed by atoms with E-state index in [-0.39, 0.29) is 11.6 Å². The van der Waals surface area contributed by atoms with E-state index >= 15 is 0 Å². The number of carboxylic acids is 1. The Balaban J connectivity index is 2.30. The van der Waals surface area contributed by atoms with E-state index in [4.69, 9.17) is 9.84 Å². The molecule has 0 saturated heterocycles. The van der Waals surface area contributed by atoms with E-state index < -0.39 is 5.97 Å². The maximum atomic E-state index is 10.8. The van der Waals surface area contributed by atoms with Crippen LogP contribution in [0.15, 0.2) is 18.2 Å². The minimum absolute atomic E-state index is 0.265. The van der Waals surface area contributed by atoms with Gasteiger partial charge in [0.05, 0.1) is 17.3 Å². The van der Waals surface area contributed by atoms with Crippen molar-refractivity contribution in [2.45, 2.75) is 19.4 Å². The summed E-state index contributed by atoms with van der Waals surface area (Å²) < 4.78 is 5.51. The van der Waals surface area contributed by atoms with E-state index in [1.54, 1.807) is 18.2 Å². The van der Waals surface area contributed by atoms with Crippen LogP contribution in [0.4, 0.5) is 5.69 Å². The Morgan fingerprint density at radius 1 is 1.67 bits per heavy atom. The summed E-state index contributed by atoms with van der Waals surface area (Å²) in [7, 11) is 0. The molecule has 0 saturated carbocycles. The topological polar surface area (TPSA) is 58.6 Å². The summed E-state index contributed by atoms with van der Waals surface area (Å²) in [5, 5.41) is 12.1. The van der Waals surface area contributed by atoms with Gasteiger partial charge >= 0.3 is 5.97 Å². The quantitative estimate of drug-likeness (QED) is 0.778. The van der Waals surface area contributed by atoms with Crippen molar-refractivity contribution in [1.29, 1.82) is 0 Å². The van der Waals surface area contributed by atoms with Crippen molar-refractivity contribution in [3.05, 3.63) is 23.8 Å². The second-order valence-electron chi connectivity index (χ2n) is 3.58. The van der Waals surface area contributed by atoms with Crippen molar-refractivity contribution < 1.29 is 14.6 Å². The normalized spacial score (nSPS) is 18.6. The summed E-state index contributed by atoms with van der Waals surface area (Å²) in [6.45, 7) is 2.70. The highest BCUT2D eigenvalue weighted by atomic mass is 16.5. The number of fused-ring (bicyclic) bond motifs is 1. The number of ether oxygens (including phenoxy) is 1. The van der Waals surface area contributed by atoms with Gasteiger partial charge in [-0.2, -0.15) is 0 Å². The Morgan fingerprint density at radius 3 is 3.13 bits per heavy atom. The van der Waals surface area contributed by atoms with Crippen molar-refractivity contribution in [3.8, 4) is 5.75 Å². The number of carboxylic acid groups (broad SMARTS) is 1. The Bertz CT molecular complexity index is 389. The molecule has 15 heavy (non-hydrogen) atoms. The predicted octanol–water partition coefficient (Wildman–Crippen LogP) is 1.97. The average Bonchev–Trinajstić information content (AvgIpc) is 2.27. The Morgan fingerprint density at radius 2 is 2.47 bits per heavy atom. The molecule has 1 aliphatic heterocycles. The second-order valence-corrected chi connectivity index (χ2v) is 3.58. The number of carbonyl (C=O) groups is 1. The number of rotatable bonds is 2. The first-order valence-corrected chi connectivity index (χ1v) is 4.97. The first kappa shape index (κ1) is 9.83. The van der Waals surface area contributed by atoms with Gasteiger partial charge in [-0.1, -0.05) is 6.92 Å². The third-order valence-electron chi connectivity index (χ3n) is 2.52. The lowest BCUT2D eigenvalue weighted by Gasteiger charge is -2.26. The molecule has 1 aromatic rings.